The molecule has 0 fully saturated rings. The highest BCUT2D eigenvalue weighted by atomic mass is 16.6. The Morgan fingerprint density at radius 1 is 1.08 bits per heavy atom. The van der Waals surface area contributed by atoms with Crippen LogP contribution in [0.4, 0.5) is 5.69 Å². The number of carbonyl (C=O) groups is 2. The van der Waals surface area contributed by atoms with E-state index in [2.05, 4.69) is 0 Å². The number of amides is 1. The Kier molecular flexibility index (Phi) is 4.24. The molecule has 2 aliphatic rings. The Hall–Kier alpha value is -3.02. The molecular formula is C20H19NO5. The molecule has 0 aliphatic carbocycles. The van der Waals surface area contributed by atoms with Gasteiger partial charge in [-0.3, -0.25) is 4.79 Å². The molecule has 0 spiro atoms. The predicted octanol–water partition coefficient (Wildman–Crippen LogP) is 2.59. The first-order valence-electron chi connectivity index (χ1n) is 8.63. The molecule has 0 aromatic heterocycles. The number of hydrogen-bond acceptors (Lipinski definition) is 5. The topological polar surface area (TPSA) is 65.1 Å². The van der Waals surface area contributed by atoms with E-state index in [-0.39, 0.29) is 5.91 Å². The van der Waals surface area contributed by atoms with Crippen molar-refractivity contribution in [3.8, 4) is 11.5 Å². The highest BCUT2D eigenvalue weighted by Gasteiger charge is 2.30. The molecule has 4 rings (SSSR count). The fraction of sp³-hybridized carbons (Fsp3) is 0.300. The smallest absolute Gasteiger partial charge is 0.339 e. The van der Waals surface area contributed by atoms with Crippen LogP contribution in [0.15, 0.2) is 42.5 Å². The molecule has 6 nitrogen and oxygen atoms in total. The van der Waals surface area contributed by atoms with Crippen LogP contribution >= 0.6 is 0 Å². The number of esters is 1. The molecule has 1 unspecified atom stereocenters. The highest BCUT2D eigenvalue weighted by molar-refractivity contribution is 6.00. The van der Waals surface area contributed by atoms with E-state index in [0.717, 1.165) is 17.7 Å². The average Bonchev–Trinajstić information content (AvgIpc) is 3.11. The van der Waals surface area contributed by atoms with Crippen LogP contribution in [0.1, 0.15) is 22.8 Å². The zero-order chi connectivity index (χ0) is 18.1. The average molecular weight is 353 g/mol. The van der Waals surface area contributed by atoms with Gasteiger partial charge in [-0.2, -0.15) is 0 Å². The third kappa shape index (κ3) is 2.98. The minimum absolute atomic E-state index is 0.221. The molecule has 6 heteroatoms. The first-order valence-corrected chi connectivity index (χ1v) is 8.63. The molecule has 0 saturated heterocycles. The Labute approximate surface area is 151 Å². The van der Waals surface area contributed by atoms with E-state index in [4.69, 9.17) is 14.2 Å². The lowest BCUT2D eigenvalue weighted by molar-refractivity contribution is -0.126. The van der Waals surface area contributed by atoms with Gasteiger partial charge in [0.25, 0.3) is 5.91 Å². The molecule has 2 aromatic rings. The van der Waals surface area contributed by atoms with Crippen LogP contribution in [0.3, 0.4) is 0 Å². The molecule has 2 heterocycles. The lowest BCUT2D eigenvalue weighted by Crippen LogP contribution is -2.39. The summed E-state index contributed by atoms with van der Waals surface area (Å²) in [6, 6.07) is 12.6. The van der Waals surface area contributed by atoms with Crippen LogP contribution in [0.5, 0.6) is 11.5 Å². The number of carbonyl (C=O) groups excluding carboxylic acids is 2. The van der Waals surface area contributed by atoms with Crippen LogP contribution in [0.25, 0.3) is 0 Å². The van der Waals surface area contributed by atoms with Crippen molar-refractivity contribution in [3.05, 3.63) is 53.6 Å². The van der Waals surface area contributed by atoms with E-state index in [1.807, 2.05) is 24.3 Å². The van der Waals surface area contributed by atoms with Gasteiger partial charge in [-0.25, -0.2) is 4.79 Å². The van der Waals surface area contributed by atoms with Gasteiger partial charge in [0.1, 0.15) is 13.2 Å². The highest BCUT2D eigenvalue weighted by Crippen LogP contribution is 2.31. The molecular weight excluding hydrogens is 334 g/mol. The lowest BCUT2D eigenvalue weighted by atomic mass is 10.2. The SMILES string of the molecule is CC(OC(=O)c1ccc2c(c1)OCCO2)C(=O)N1CCc2ccccc21. The number of nitrogens with zero attached hydrogens (tertiary/aromatic N) is 1. The largest absolute Gasteiger partial charge is 0.486 e. The van der Waals surface area contributed by atoms with Gasteiger partial charge in [0.05, 0.1) is 5.56 Å². The first-order chi connectivity index (χ1) is 12.6. The van der Waals surface area contributed by atoms with E-state index < -0.39 is 12.1 Å². The number of benzene rings is 2. The van der Waals surface area contributed by atoms with Crippen molar-refractivity contribution >= 4 is 17.6 Å². The van der Waals surface area contributed by atoms with E-state index in [1.165, 1.54) is 0 Å². The summed E-state index contributed by atoms with van der Waals surface area (Å²) in [5.74, 6) is 0.333. The Morgan fingerprint density at radius 2 is 1.85 bits per heavy atom. The summed E-state index contributed by atoms with van der Waals surface area (Å²) in [6.07, 6.45) is -0.0630. The molecule has 2 aromatic carbocycles. The Morgan fingerprint density at radius 3 is 2.69 bits per heavy atom. The fourth-order valence-corrected chi connectivity index (χ4v) is 3.24. The van der Waals surface area contributed by atoms with Crippen molar-refractivity contribution < 1.29 is 23.8 Å². The normalized spacial score (nSPS) is 16.0. The summed E-state index contributed by atoms with van der Waals surface area (Å²) in [5, 5.41) is 0. The first kappa shape index (κ1) is 16.4. The summed E-state index contributed by atoms with van der Waals surface area (Å²) < 4.78 is 16.3. The molecule has 0 radical (unpaired) electrons. The summed E-state index contributed by atoms with van der Waals surface area (Å²) in [7, 11) is 0. The monoisotopic (exact) mass is 353 g/mol. The number of ether oxygens (including phenoxy) is 3. The van der Waals surface area contributed by atoms with Gasteiger partial charge in [0.15, 0.2) is 17.6 Å². The number of rotatable bonds is 3. The summed E-state index contributed by atoms with van der Waals surface area (Å²) in [5.41, 5.74) is 2.35. The van der Waals surface area contributed by atoms with Gasteiger partial charge < -0.3 is 19.1 Å². The zero-order valence-electron chi connectivity index (χ0n) is 14.4. The van der Waals surface area contributed by atoms with Gasteiger partial charge in [-0.05, 0) is 43.2 Å². The van der Waals surface area contributed by atoms with Gasteiger partial charge in [-0.1, -0.05) is 18.2 Å². The molecule has 1 atom stereocenters. The van der Waals surface area contributed by atoms with E-state index in [9.17, 15) is 9.59 Å². The van der Waals surface area contributed by atoms with E-state index in [1.54, 1.807) is 30.0 Å². The van der Waals surface area contributed by atoms with Gasteiger partial charge in [-0.15, -0.1) is 0 Å². The van der Waals surface area contributed by atoms with Crippen LogP contribution in [0, 0.1) is 0 Å². The maximum absolute atomic E-state index is 12.7. The van der Waals surface area contributed by atoms with Crippen LogP contribution in [-0.4, -0.2) is 37.7 Å². The summed E-state index contributed by atoms with van der Waals surface area (Å²) in [6.45, 7) is 3.12. The molecule has 134 valence electrons. The number of hydrogen-bond donors (Lipinski definition) is 0. The second kappa shape index (κ2) is 6.71. The number of fused-ring (bicyclic) bond motifs is 2. The predicted molar refractivity (Wildman–Crippen MR) is 94.8 cm³/mol. The number of para-hydroxylation sites is 1. The molecule has 2 aliphatic heterocycles. The van der Waals surface area contributed by atoms with Crippen molar-refractivity contribution in [3.63, 3.8) is 0 Å². The maximum Gasteiger partial charge on any atom is 0.339 e. The van der Waals surface area contributed by atoms with E-state index in [0.29, 0.717) is 36.8 Å². The Balaban J connectivity index is 1.45. The van der Waals surface area contributed by atoms with Crippen molar-refractivity contribution in [1.82, 2.24) is 0 Å². The van der Waals surface area contributed by atoms with Crippen molar-refractivity contribution in [2.45, 2.75) is 19.4 Å². The Bertz CT molecular complexity index is 863. The quantitative estimate of drug-likeness (QED) is 0.794. The van der Waals surface area contributed by atoms with Crippen LogP contribution < -0.4 is 14.4 Å². The maximum atomic E-state index is 12.7. The van der Waals surface area contributed by atoms with E-state index >= 15 is 0 Å². The lowest BCUT2D eigenvalue weighted by Gasteiger charge is -2.22. The molecule has 0 bridgehead atoms. The molecule has 26 heavy (non-hydrogen) atoms. The minimum atomic E-state index is -0.873. The molecule has 0 saturated carbocycles. The zero-order valence-corrected chi connectivity index (χ0v) is 14.4. The standard InChI is InChI=1S/C20H19NO5/c1-13(19(22)21-9-8-14-4-2-3-5-16(14)21)26-20(23)15-6-7-17-18(12-15)25-11-10-24-17/h2-7,12-13H,8-11H2,1H3. The van der Waals surface area contributed by atoms with Crippen LogP contribution in [0.2, 0.25) is 0 Å². The third-order valence-electron chi connectivity index (χ3n) is 4.56. The number of anilines is 1. The van der Waals surface area contributed by atoms with Crippen LogP contribution in [-0.2, 0) is 16.0 Å². The molecule has 0 N–H and O–H groups in total. The molecule has 1 amide bonds. The second-order valence-electron chi connectivity index (χ2n) is 6.27. The van der Waals surface area contributed by atoms with Gasteiger partial charge in [0.2, 0.25) is 0 Å². The summed E-state index contributed by atoms with van der Waals surface area (Å²) >= 11 is 0. The third-order valence-corrected chi connectivity index (χ3v) is 4.56. The van der Waals surface area contributed by atoms with Crippen molar-refractivity contribution in [2.24, 2.45) is 0 Å². The van der Waals surface area contributed by atoms with Gasteiger partial charge in [0, 0.05) is 12.2 Å². The van der Waals surface area contributed by atoms with Crippen molar-refractivity contribution in [1.29, 1.82) is 0 Å². The van der Waals surface area contributed by atoms with Gasteiger partial charge >= 0.3 is 5.97 Å². The second-order valence-corrected chi connectivity index (χ2v) is 6.27. The minimum Gasteiger partial charge on any atom is -0.486 e. The van der Waals surface area contributed by atoms with Crippen molar-refractivity contribution in [2.75, 3.05) is 24.7 Å². The fourth-order valence-electron chi connectivity index (χ4n) is 3.24. The summed E-state index contributed by atoms with van der Waals surface area (Å²) in [4.78, 5) is 26.8.